The van der Waals surface area contributed by atoms with Gasteiger partial charge in [-0.25, -0.2) is 4.79 Å². The molecule has 4 nitrogen and oxygen atoms in total. The van der Waals surface area contributed by atoms with Crippen LogP contribution < -0.4 is 0 Å². The number of aliphatic carboxylic acids is 1. The van der Waals surface area contributed by atoms with E-state index in [0.29, 0.717) is 12.2 Å². The van der Waals surface area contributed by atoms with E-state index in [-0.39, 0.29) is 14.6 Å². The molecule has 0 aromatic heterocycles. The summed E-state index contributed by atoms with van der Waals surface area (Å²) in [5, 5.41) is 20.2. The van der Waals surface area contributed by atoms with Gasteiger partial charge in [-0.1, -0.05) is 48.5 Å². The van der Waals surface area contributed by atoms with E-state index < -0.39 is 17.5 Å². The number of rotatable bonds is 9. The lowest BCUT2D eigenvalue weighted by Gasteiger charge is -2.30. The Morgan fingerprint density at radius 2 is 1.67 bits per heavy atom. The Hall–Kier alpha value is -1.68. The summed E-state index contributed by atoms with van der Waals surface area (Å²) < 4.78 is 11.0. The second-order valence-electron chi connectivity index (χ2n) is 5.53. The molecule has 0 heterocycles. The van der Waals surface area contributed by atoms with Gasteiger partial charge in [-0.05, 0) is 24.1 Å². The van der Waals surface area contributed by atoms with Gasteiger partial charge in [0.1, 0.15) is 0 Å². The minimum Gasteiger partial charge on any atom is -0.479 e. The average molecular weight is 362 g/mol. The Morgan fingerprint density at radius 3 is 2.21 bits per heavy atom. The second-order valence-corrected chi connectivity index (χ2v) is 7.20. The molecule has 2 unspecified atom stereocenters. The number of carboxylic acids is 1. The highest BCUT2D eigenvalue weighted by Crippen LogP contribution is 2.31. The fourth-order valence-corrected chi connectivity index (χ4v) is 4.17. The van der Waals surface area contributed by atoms with Gasteiger partial charge >= 0.3 is 5.97 Å². The van der Waals surface area contributed by atoms with Gasteiger partial charge < -0.3 is 10.2 Å². The first-order valence-electron chi connectivity index (χ1n) is 7.53. The zero-order valence-electron chi connectivity index (χ0n) is 13.0. The molecule has 24 heavy (non-hydrogen) atoms. The Labute approximate surface area is 147 Å². The molecule has 6 heteroatoms. The SMILES string of the molecule is O=PCC(O)(C(=O)O)C(CSc1ccccc1)Cc1ccccc1. The lowest BCUT2D eigenvalue weighted by atomic mass is 9.85. The third kappa shape index (κ3) is 4.91. The molecule has 0 spiro atoms. The van der Waals surface area contributed by atoms with Gasteiger partial charge in [-0.2, -0.15) is 0 Å². The fourth-order valence-electron chi connectivity index (χ4n) is 2.45. The lowest BCUT2D eigenvalue weighted by Crippen LogP contribution is -2.49. The van der Waals surface area contributed by atoms with Gasteiger partial charge in [0.05, 0.1) is 6.16 Å². The normalized spacial score (nSPS) is 14.9. The van der Waals surface area contributed by atoms with Crippen LogP contribution in [0.15, 0.2) is 65.6 Å². The number of carboxylic acid groups (broad SMARTS) is 1. The molecular formula is C18H19O4PS. The van der Waals surface area contributed by atoms with Crippen LogP contribution in [0.25, 0.3) is 0 Å². The van der Waals surface area contributed by atoms with Gasteiger partial charge in [0.15, 0.2) is 14.1 Å². The number of thioether (sulfide) groups is 1. The van der Waals surface area contributed by atoms with Crippen LogP contribution >= 0.6 is 20.2 Å². The van der Waals surface area contributed by atoms with Crippen LogP contribution in [0.4, 0.5) is 0 Å². The number of aliphatic hydroxyl groups is 1. The molecule has 0 aliphatic heterocycles. The zero-order valence-corrected chi connectivity index (χ0v) is 14.7. The molecule has 0 radical (unpaired) electrons. The molecule has 0 saturated carbocycles. The monoisotopic (exact) mass is 362 g/mol. The van der Waals surface area contributed by atoms with E-state index in [9.17, 15) is 19.6 Å². The highest BCUT2D eigenvalue weighted by atomic mass is 32.2. The van der Waals surface area contributed by atoms with E-state index >= 15 is 0 Å². The summed E-state index contributed by atoms with van der Waals surface area (Å²) >= 11 is 1.49. The summed E-state index contributed by atoms with van der Waals surface area (Å²) in [6.45, 7) is 0. The van der Waals surface area contributed by atoms with Crippen LogP contribution in [-0.4, -0.2) is 33.7 Å². The summed E-state index contributed by atoms with van der Waals surface area (Å²) in [6, 6.07) is 19.1. The third-order valence-electron chi connectivity index (χ3n) is 3.87. The maximum absolute atomic E-state index is 11.7. The Balaban J connectivity index is 2.22. The molecule has 0 saturated heterocycles. The summed E-state index contributed by atoms with van der Waals surface area (Å²) in [5.41, 5.74) is -1.08. The smallest absolute Gasteiger partial charge is 0.336 e. The van der Waals surface area contributed by atoms with Crippen molar-refractivity contribution in [2.75, 3.05) is 11.9 Å². The van der Waals surface area contributed by atoms with Crippen LogP contribution in [0.2, 0.25) is 0 Å². The first-order chi connectivity index (χ1) is 11.6. The van der Waals surface area contributed by atoms with Crippen molar-refractivity contribution in [2.24, 2.45) is 5.92 Å². The predicted molar refractivity (Wildman–Crippen MR) is 95.9 cm³/mol. The molecule has 0 fully saturated rings. The van der Waals surface area contributed by atoms with Crippen LogP contribution in [0.1, 0.15) is 5.56 Å². The van der Waals surface area contributed by atoms with Crippen molar-refractivity contribution < 1.29 is 19.6 Å². The highest BCUT2D eigenvalue weighted by Gasteiger charge is 2.44. The summed E-state index contributed by atoms with van der Waals surface area (Å²) in [5.74, 6) is -1.48. The molecule has 0 aliphatic rings. The molecular weight excluding hydrogens is 343 g/mol. The van der Waals surface area contributed by atoms with Crippen molar-refractivity contribution in [1.82, 2.24) is 0 Å². The van der Waals surface area contributed by atoms with Gasteiger partial charge in [0.25, 0.3) is 0 Å². The predicted octanol–water partition coefficient (Wildman–Crippen LogP) is 3.75. The maximum Gasteiger partial charge on any atom is 0.336 e. The standard InChI is InChI=1S/C18H19O4PS/c19-17(20)18(21,13-23-22)15(11-14-7-3-1-4-8-14)12-24-16-9-5-2-6-10-16/h1-10,15,21H,11-13H2,(H,19,20). The van der Waals surface area contributed by atoms with Gasteiger partial charge in [-0.3, -0.25) is 4.57 Å². The average Bonchev–Trinajstić information content (AvgIpc) is 2.60. The molecule has 2 aromatic carbocycles. The van der Waals surface area contributed by atoms with E-state index in [2.05, 4.69) is 0 Å². The Bertz CT molecular complexity index is 665. The maximum atomic E-state index is 11.7. The number of hydrogen-bond donors (Lipinski definition) is 2. The summed E-state index contributed by atoms with van der Waals surface area (Å²) in [6.07, 6.45) is 0.0776. The van der Waals surface area contributed by atoms with Crippen LogP contribution in [-0.2, 0) is 15.8 Å². The molecule has 2 N–H and O–H groups in total. The highest BCUT2D eigenvalue weighted by molar-refractivity contribution is 7.99. The molecule has 2 aromatic rings. The molecule has 126 valence electrons. The van der Waals surface area contributed by atoms with Crippen LogP contribution in [0, 0.1) is 5.92 Å². The molecule has 0 aliphatic carbocycles. The van der Waals surface area contributed by atoms with Crippen LogP contribution in [0.3, 0.4) is 0 Å². The first kappa shape index (κ1) is 18.7. The largest absolute Gasteiger partial charge is 0.479 e. The fraction of sp³-hybridized carbons (Fsp3) is 0.278. The van der Waals surface area contributed by atoms with E-state index in [0.717, 1.165) is 10.5 Å². The van der Waals surface area contributed by atoms with Crippen molar-refractivity contribution >= 4 is 26.2 Å². The molecule has 0 amide bonds. The summed E-state index contributed by atoms with van der Waals surface area (Å²) in [4.78, 5) is 12.7. The minimum absolute atomic E-state index is 0.324. The topological polar surface area (TPSA) is 74.6 Å². The van der Waals surface area contributed by atoms with Crippen molar-refractivity contribution in [2.45, 2.75) is 16.9 Å². The second kappa shape index (κ2) is 8.97. The van der Waals surface area contributed by atoms with Crippen LogP contribution in [0.5, 0.6) is 0 Å². The van der Waals surface area contributed by atoms with Crippen molar-refractivity contribution in [3.63, 3.8) is 0 Å². The Morgan fingerprint density at radius 1 is 1.08 bits per heavy atom. The van der Waals surface area contributed by atoms with E-state index in [1.807, 2.05) is 60.7 Å². The molecule has 0 bridgehead atoms. The van der Waals surface area contributed by atoms with E-state index in [1.165, 1.54) is 11.8 Å². The zero-order chi connectivity index (χ0) is 17.4. The van der Waals surface area contributed by atoms with Gasteiger partial charge in [0.2, 0.25) is 0 Å². The Kier molecular flexibility index (Phi) is 6.98. The van der Waals surface area contributed by atoms with Crippen molar-refractivity contribution in [1.29, 1.82) is 0 Å². The minimum atomic E-state index is -2.03. The van der Waals surface area contributed by atoms with E-state index in [4.69, 9.17) is 0 Å². The number of hydrogen-bond acceptors (Lipinski definition) is 4. The molecule has 2 atom stereocenters. The van der Waals surface area contributed by atoms with E-state index in [1.54, 1.807) is 0 Å². The van der Waals surface area contributed by atoms with Crippen molar-refractivity contribution in [3.8, 4) is 0 Å². The van der Waals surface area contributed by atoms with Gasteiger partial charge in [0, 0.05) is 16.6 Å². The third-order valence-corrected chi connectivity index (χ3v) is 5.66. The van der Waals surface area contributed by atoms with Crippen molar-refractivity contribution in [3.05, 3.63) is 66.2 Å². The summed E-state index contributed by atoms with van der Waals surface area (Å²) in [7, 11) is -0.378. The first-order valence-corrected chi connectivity index (χ1v) is 9.51. The number of benzene rings is 2. The quantitative estimate of drug-likeness (QED) is 0.525. The lowest BCUT2D eigenvalue weighted by molar-refractivity contribution is -0.160. The van der Waals surface area contributed by atoms with Gasteiger partial charge in [-0.15, -0.1) is 11.8 Å². The molecule has 2 rings (SSSR count). The number of carbonyl (C=O) groups is 1.